The first-order valence-electron chi connectivity index (χ1n) is 9.13. The van der Waals surface area contributed by atoms with Gasteiger partial charge in [0.2, 0.25) is 5.01 Å². The average Bonchev–Trinajstić information content (AvgIpc) is 2.96. The van der Waals surface area contributed by atoms with Crippen molar-refractivity contribution in [2.75, 3.05) is 26.2 Å². The molecule has 1 aromatic heterocycles. The van der Waals surface area contributed by atoms with E-state index in [0.29, 0.717) is 18.2 Å². The predicted octanol–water partition coefficient (Wildman–Crippen LogP) is 2.98. The second-order valence-corrected chi connectivity index (χ2v) is 8.35. The van der Waals surface area contributed by atoms with E-state index in [1.54, 1.807) is 6.92 Å². The molecule has 0 aliphatic carbocycles. The zero-order chi connectivity index (χ0) is 19.2. The van der Waals surface area contributed by atoms with Crippen LogP contribution in [0.1, 0.15) is 60.9 Å². The van der Waals surface area contributed by atoms with Gasteiger partial charge >= 0.3 is 12.1 Å². The van der Waals surface area contributed by atoms with E-state index >= 15 is 0 Å². The summed E-state index contributed by atoms with van der Waals surface area (Å²) in [7, 11) is 0. The maximum Gasteiger partial charge on any atom is 0.407 e. The van der Waals surface area contributed by atoms with Gasteiger partial charge in [-0.2, -0.15) is 0 Å². The van der Waals surface area contributed by atoms with Crippen LogP contribution < -0.4 is 5.32 Å². The Morgan fingerprint density at radius 1 is 1.31 bits per heavy atom. The summed E-state index contributed by atoms with van der Waals surface area (Å²) in [6, 6.07) is 0. The fourth-order valence-corrected chi connectivity index (χ4v) is 3.73. The van der Waals surface area contributed by atoms with Crippen LogP contribution >= 0.6 is 11.3 Å². The average molecular weight is 384 g/mol. The SMILES string of the molecule is CCOC(=O)c1nc2c(s1)CN(CCCCNC(=O)OC(C)(C)C)CC2. The molecule has 0 fully saturated rings. The monoisotopic (exact) mass is 383 g/mol. The number of rotatable bonds is 7. The van der Waals surface area contributed by atoms with Gasteiger partial charge in [-0.25, -0.2) is 14.6 Å². The Kier molecular flexibility index (Phi) is 7.40. The third kappa shape index (κ3) is 6.57. The summed E-state index contributed by atoms with van der Waals surface area (Å²) in [6.07, 6.45) is 2.39. The summed E-state index contributed by atoms with van der Waals surface area (Å²) < 4.78 is 10.2. The molecule has 0 aromatic carbocycles. The Morgan fingerprint density at radius 2 is 2.08 bits per heavy atom. The van der Waals surface area contributed by atoms with Crippen molar-refractivity contribution in [3.05, 3.63) is 15.6 Å². The lowest BCUT2D eigenvalue weighted by Gasteiger charge is -2.25. The molecule has 0 saturated carbocycles. The number of nitrogens with one attached hydrogen (secondary N) is 1. The fraction of sp³-hybridized carbons (Fsp3) is 0.722. The molecule has 1 aliphatic rings. The lowest BCUT2D eigenvalue weighted by molar-refractivity contribution is 0.0515. The third-order valence-corrected chi connectivity index (χ3v) is 4.89. The number of hydrogen-bond acceptors (Lipinski definition) is 7. The first-order chi connectivity index (χ1) is 12.3. The van der Waals surface area contributed by atoms with E-state index in [2.05, 4.69) is 15.2 Å². The van der Waals surface area contributed by atoms with Crippen molar-refractivity contribution < 1.29 is 19.1 Å². The highest BCUT2D eigenvalue weighted by atomic mass is 32.1. The lowest BCUT2D eigenvalue weighted by atomic mass is 10.1. The van der Waals surface area contributed by atoms with Gasteiger partial charge in [0.1, 0.15) is 5.60 Å². The van der Waals surface area contributed by atoms with E-state index in [9.17, 15) is 9.59 Å². The molecule has 0 radical (unpaired) electrons. The number of aromatic nitrogens is 1. The molecule has 1 amide bonds. The zero-order valence-corrected chi connectivity index (χ0v) is 16.9. The minimum Gasteiger partial charge on any atom is -0.461 e. The summed E-state index contributed by atoms with van der Waals surface area (Å²) in [5.41, 5.74) is 0.563. The van der Waals surface area contributed by atoms with Crippen molar-refractivity contribution in [2.45, 2.75) is 59.1 Å². The maximum absolute atomic E-state index is 11.8. The molecule has 7 nitrogen and oxygen atoms in total. The van der Waals surface area contributed by atoms with E-state index in [1.165, 1.54) is 11.3 Å². The van der Waals surface area contributed by atoms with E-state index in [1.807, 2.05) is 20.8 Å². The number of carbonyl (C=O) groups is 2. The highest BCUT2D eigenvalue weighted by molar-refractivity contribution is 7.13. The first kappa shape index (κ1) is 20.6. The van der Waals surface area contributed by atoms with Gasteiger partial charge in [0, 0.05) is 30.9 Å². The summed E-state index contributed by atoms with van der Waals surface area (Å²) in [4.78, 5) is 31.3. The molecule has 0 bridgehead atoms. The van der Waals surface area contributed by atoms with Gasteiger partial charge in [0.25, 0.3) is 0 Å². The highest BCUT2D eigenvalue weighted by Gasteiger charge is 2.23. The van der Waals surface area contributed by atoms with Gasteiger partial charge < -0.3 is 14.8 Å². The van der Waals surface area contributed by atoms with Crippen molar-refractivity contribution in [3.63, 3.8) is 0 Å². The predicted molar refractivity (Wildman–Crippen MR) is 101 cm³/mol. The van der Waals surface area contributed by atoms with Crippen LogP contribution in [-0.4, -0.2) is 53.8 Å². The van der Waals surface area contributed by atoms with Crippen LogP contribution in [0, 0.1) is 0 Å². The standard InChI is InChI=1S/C18H29N3O4S/c1-5-24-16(22)15-20-13-8-11-21(12-14(13)26-15)10-7-6-9-19-17(23)25-18(2,3)4/h5-12H2,1-4H3,(H,19,23). The Hall–Kier alpha value is -1.67. The molecule has 146 valence electrons. The van der Waals surface area contributed by atoms with Gasteiger partial charge in [0.05, 0.1) is 12.3 Å². The number of amides is 1. The number of ether oxygens (including phenoxy) is 2. The number of carbonyl (C=O) groups excluding carboxylic acids is 2. The van der Waals surface area contributed by atoms with E-state index in [0.717, 1.165) is 49.5 Å². The summed E-state index contributed by atoms with van der Waals surface area (Å²) in [5, 5.41) is 3.24. The number of thiazole rings is 1. The number of alkyl carbamates (subject to hydrolysis) is 1. The van der Waals surface area contributed by atoms with Crippen LogP contribution in [0.3, 0.4) is 0 Å². The Balaban J connectivity index is 1.68. The van der Waals surface area contributed by atoms with Gasteiger partial charge in [-0.15, -0.1) is 11.3 Å². The molecule has 1 aliphatic heterocycles. The van der Waals surface area contributed by atoms with E-state index in [-0.39, 0.29) is 12.1 Å². The third-order valence-electron chi connectivity index (χ3n) is 3.83. The quantitative estimate of drug-likeness (QED) is 0.576. The minimum absolute atomic E-state index is 0.327. The normalized spacial score (nSPS) is 14.6. The van der Waals surface area contributed by atoms with Crippen LogP contribution in [-0.2, 0) is 22.4 Å². The van der Waals surface area contributed by atoms with E-state index in [4.69, 9.17) is 9.47 Å². The van der Waals surface area contributed by atoms with Crippen LogP contribution in [0.2, 0.25) is 0 Å². The van der Waals surface area contributed by atoms with Crippen LogP contribution in [0.25, 0.3) is 0 Å². The van der Waals surface area contributed by atoms with Gasteiger partial charge in [-0.1, -0.05) is 0 Å². The molecule has 0 saturated heterocycles. The van der Waals surface area contributed by atoms with Crippen LogP contribution in [0.5, 0.6) is 0 Å². The smallest absolute Gasteiger partial charge is 0.407 e. The topological polar surface area (TPSA) is 80.8 Å². The Labute approximate surface area is 159 Å². The number of esters is 1. The zero-order valence-electron chi connectivity index (χ0n) is 16.1. The lowest BCUT2D eigenvalue weighted by Crippen LogP contribution is -2.34. The molecule has 0 atom stereocenters. The molecular weight excluding hydrogens is 354 g/mol. The van der Waals surface area contributed by atoms with Crippen molar-refractivity contribution in [1.29, 1.82) is 0 Å². The first-order valence-corrected chi connectivity index (χ1v) is 9.95. The molecule has 2 heterocycles. The summed E-state index contributed by atoms with van der Waals surface area (Å²) >= 11 is 1.44. The second-order valence-electron chi connectivity index (χ2n) is 7.27. The Bertz CT molecular complexity index is 624. The van der Waals surface area contributed by atoms with Crippen molar-refractivity contribution in [1.82, 2.24) is 15.2 Å². The molecule has 26 heavy (non-hydrogen) atoms. The molecule has 0 spiro atoms. The number of nitrogens with zero attached hydrogens (tertiary/aromatic N) is 2. The van der Waals surface area contributed by atoms with Gasteiger partial charge in [-0.3, -0.25) is 4.90 Å². The van der Waals surface area contributed by atoms with Crippen LogP contribution in [0.15, 0.2) is 0 Å². The molecule has 0 unspecified atom stereocenters. The minimum atomic E-state index is -0.466. The van der Waals surface area contributed by atoms with E-state index < -0.39 is 5.60 Å². The summed E-state index contributed by atoms with van der Waals surface area (Å²) in [6.45, 7) is 11.1. The summed E-state index contributed by atoms with van der Waals surface area (Å²) in [5.74, 6) is -0.327. The highest BCUT2D eigenvalue weighted by Crippen LogP contribution is 2.25. The van der Waals surface area contributed by atoms with Crippen molar-refractivity contribution in [3.8, 4) is 0 Å². The number of unbranched alkanes of at least 4 members (excludes halogenated alkanes) is 1. The number of fused-ring (bicyclic) bond motifs is 1. The van der Waals surface area contributed by atoms with Crippen molar-refractivity contribution >= 4 is 23.4 Å². The molecule has 1 aromatic rings. The maximum atomic E-state index is 11.8. The second kappa shape index (κ2) is 9.32. The van der Waals surface area contributed by atoms with Gasteiger partial charge in [-0.05, 0) is 47.1 Å². The Morgan fingerprint density at radius 3 is 2.77 bits per heavy atom. The number of hydrogen-bond donors (Lipinski definition) is 1. The fourth-order valence-electron chi connectivity index (χ4n) is 2.68. The van der Waals surface area contributed by atoms with Crippen molar-refractivity contribution in [2.24, 2.45) is 0 Å². The molecule has 8 heteroatoms. The molecule has 1 N–H and O–H groups in total. The van der Waals surface area contributed by atoms with Gasteiger partial charge in [0.15, 0.2) is 0 Å². The van der Waals surface area contributed by atoms with Crippen LogP contribution in [0.4, 0.5) is 4.79 Å². The largest absolute Gasteiger partial charge is 0.461 e. The molecular formula is C18H29N3O4S. The molecule has 2 rings (SSSR count).